The van der Waals surface area contributed by atoms with Crippen molar-refractivity contribution in [3.63, 3.8) is 0 Å². The topological polar surface area (TPSA) is 88.1 Å². The Kier molecular flexibility index (Phi) is 16.4. The summed E-state index contributed by atoms with van der Waals surface area (Å²) in [4.78, 5) is 22.7. The molecule has 0 aliphatic heterocycles. The van der Waals surface area contributed by atoms with E-state index in [1.807, 2.05) is 0 Å². The standard InChI is InChI=1S/C22H39O7P/c1-6-7-8-9-10-11-18-30(25,28-16-12-14-26-21(23)19(2)3)29-17-13-15-27-22(24)20(4)5/h2,4,6-18H2,1,3,5H3. The van der Waals surface area contributed by atoms with Crippen LogP contribution in [-0.2, 0) is 32.7 Å². The molecular weight excluding hydrogens is 407 g/mol. The summed E-state index contributed by atoms with van der Waals surface area (Å²) in [6, 6.07) is 0. The van der Waals surface area contributed by atoms with Gasteiger partial charge in [-0.15, -0.1) is 0 Å². The van der Waals surface area contributed by atoms with Crippen molar-refractivity contribution in [1.29, 1.82) is 0 Å². The van der Waals surface area contributed by atoms with Gasteiger partial charge in [0.15, 0.2) is 0 Å². The van der Waals surface area contributed by atoms with Gasteiger partial charge in [0.05, 0.1) is 32.6 Å². The zero-order valence-corrected chi connectivity index (χ0v) is 19.8. The maximum absolute atomic E-state index is 13.0. The largest absolute Gasteiger partial charge is 0.462 e. The van der Waals surface area contributed by atoms with Gasteiger partial charge >= 0.3 is 19.5 Å². The molecule has 0 aliphatic rings. The first kappa shape index (κ1) is 28.6. The summed E-state index contributed by atoms with van der Waals surface area (Å²) < 4.78 is 34.2. The molecule has 0 saturated carbocycles. The highest BCUT2D eigenvalue weighted by molar-refractivity contribution is 7.53. The Bertz CT molecular complexity index is 546. The molecule has 0 fully saturated rings. The Morgan fingerprint density at radius 1 is 0.700 bits per heavy atom. The van der Waals surface area contributed by atoms with E-state index in [0.717, 1.165) is 19.3 Å². The minimum absolute atomic E-state index is 0.166. The van der Waals surface area contributed by atoms with Crippen LogP contribution in [0, 0.1) is 0 Å². The minimum Gasteiger partial charge on any atom is -0.462 e. The van der Waals surface area contributed by atoms with Crippen LogP contribution in [0.15, 0.2) is 24.3 Å². The van der Waals surface area contributed by atoms with Gasteiger partial charge in [-0.3, -0.25) is 4.57 Å². The molecule has 30 heavy (non-hydrogen) atoms. The molecule has 0 radical (unpaired) electrons. The van der Waals surface area contributed by atoms with Crippen molar-refractivity contribution in [3.8, 4) is 0 Å². The number of hydrogen-bond donors (Lipinski definition) is 0. The zero-order valence-electron chi connectivity index (χ0n) is 18.9. The summed E-state index contributed by atoms with van der Waals surface area (Å²) in [5.74, 6) is -0.906. The van der Waals surface area contributed by atoms with E-state index < -0.39 is 19.5 Å². The molecule has 8 heteroatoms. The first-order valence-electron chi connectivity index (χ1n) is 10.7. The van der Waals surface area contributed by atoms with Crippen LogP contribution in [0.2, 0.25) is 0 Å². The van der Waals surface area contributed by atoms with Crippen LogP contribution >= 0.6 is 7.60 Å². The first-order chi connectivity index (χ1) is 14.2. The lowest BCUT2D eigenvalue weighted by Crippen LogP contribution is -2.10. The van der Waals surface area contributed by atoms with E-state index in [4.69, 9.17) is 18.5 Å². The van der Waals surface area contributed by atoms with Gasteiger partial charge < -0.3 is 18.5 Å². The third-order valence-corrected chi connectivity index (χ3v) is 6.12. The second kappa shape index (κ2) is 17.3. The molecule has 0 amide bonds. The Balaban J connectivity index is 4.33. The average Bonchev–Trinajstić information content (AvgIpc) is 2.69. The highest BCUT2D eigenvalue weighted by Gasteiger charge is 2.24. The Hall–Kier alpha value is -1.43. The molecule has 174 valence electrons. The molecule has 0 saturated heterocycles. The summed E-state index contributed by atoms with van der Waals surface area (Å²) in [5, 5.41) is 0. The fourth-order valence-electron chi connectivity index (χ4n) is 2.35. The van der Waals surface area contributed by atoms with Gasteiger partial charge in [0.2, 0.25) is 0 Å². The van der Waals surface area contributed by atoms with Gasteiger partial charge in [0.25, 0.3) is 0 Å². The zero-order chi connectivity index (χ0) is 22.8. The number of esters is 2. The molecule has 7 nitrogen and oxygen atoms in total. The maximum atomic E-state index is 13.0. The van der Waals surface area contributed by atoms with Crippen LogP contribution in [0.5, 0.6) is 0 Å². The summed E-state index contributed by atoms with van der Waals surface area (Å²) >= 11 is 0. The quantitative estimate of drug-likeness (QED) is 0.111. The van der Waals surface area contributed by atoms with E-state index in [1.54, 1.807) is 13.8 Å². The number of carbonyl (C=O) groups excluding carboxylic acids is 2. The van der Waals surface area contributed by atoms with Gasteiger partial charge in [-0.05, 0) is 20.3 Å². The van der Waals surface area contributed by atoms with Crippen molar-refractivity contribution in [2.45, 2.75) is 72.1 Å². The van der Waals surface area contributed by atoms with Crippen molar-refractivity contribution >= 4 is 19.5 Å². The van der Waals surface area contributed by atoms with Crippen molar-refractivity contribution in [1.82, 2.24) is 0 Å². The molecule has 0 aromatic heterocycles. The predicted octanol–water partition coefficient (Wildman–Crippen LogP) is 5.59. The third-order valence-electron chi connectivity index (χ3n) is 4.10. The second-order valence-electron chi connectivity index (χ2n) is 7.31. The molecular formula is C22H39O7P. The average molecular weight is 447 g/mol. The lowest BCUT2D eigenvalue weighted by Gasteiger charge is -2.19. The molecule has 0 aliphatic carbocycles. The Morgan fingerprint density at radius 3 is 1.57 bits per heavy atom. The third kappa shape index (κ3) is 15.4. The van der Waals surface area contributed by atoms with Crippen molar-refractivity contribution < 1.29 is 32.7 Å². The molecule has 0 N–H and O–H groups in total. The number of unbranched alkanes of at least 4 members (excludes halogenated alkanes) is 5. The molecule has 0 bridgehead atoms. The monoisotopic (exact) mass is 446 g/mol. The van der Waals surface area contributed by atoms with Gasteiger partial charge in [0.1, 0.15) is 0 Å². The molecule has 0 heterocycles. The maximum Gasteiger partial charge on any atom is 0.333 e. The molecule has 0 aromatic rings. The van der Waals surface area contributed by atoms with Crippen molar-refractivity contribution in [2.24, 2.45) is 0 Å². The van der Waals surface area contributed by atoms with Crippen LogP contribution in [0.3, 0.4) is 0 Å². The Labute approximate surface area is 181 Å². The van der Waals surface area contributed by atoms with Crippen molar-refractivity contribution in [3.05, 3.63) is 24.3 Å². The van der Waals surface area contributed by atoms with Gasteiger partial charge in [0, 0.05) is 24.0 Å². The number of ether oxygens (including phenoxy) is 2. The van der Waals surface area contributed by atoms with Gasteiger partial charge in [-0.1, -0.05) is 52.2 Å². The molecule has 0 spiro atoms. The highest BCUT2D eigenvalue weighted by atomic mass is 31.2. The lowest BCUT2D eigenvalue weighted by molar-refractivity contribution is -0.140. The van der Waals surface area contributed by atoms with E-state index in [0.29, 0.717) is 30.1 Å². The molecule has 0 rings (SSSR count). The van der Waals surface area contributed by atoms with E-state index in [1.165, 1.54) is 19.3 Å². The fourth-order valence-corrected chi connectivity index (χ4v) is 4.11. The number of rotatable bonds is 19. The fraction of sp³-hybridized carbons (Fsp3) is 0.727. The predicted molar refractivity (Wildman–Crippen MR) is 119 cm³/mol. The van der Waals surface area contributed by atoms with E-state index in [-0.39, 0.29) is 26.4 Å². The first-order valence-corrected chi connectivity index (χ1v) is 12.5. The summed E-state index contributed by atoms with van der Waals surface area (Å²) in [5.41, 5.74) is 0.667. The van der Waals surface area contributed by atoms with Crippen LogP contribution < -0.4 is 0 Å². The summed E-state index contributed by atoms with van der Waals surface area (Å²) in [7, 11) is -3.26. The van der Waals surface area contributed by atoms with Crippen molar-refractivity contribution in [2.75, 3.05) is 32.6 Å². The number of hydrogen-bond acceptors (Lipinski definition) is 7. The van der Waals surface area contributed by atoms with Gasteiger partial charge in [-0.25, -0.2) is 9.59 Å². The summed E-state index contributed by atoms with van der Waals surface area (Å²) in [6.45, 7) is 13.0. The minimum atomic E-state index is -3.26. The smallest absolute Gasteiger partial charge is 0.333 e. The molecule has 0 unspecified atom stereocenters. The lowest BCUT2D eigenvalue weighted by atomic mass is 10.1. The molecule has 0 aromatic carbocycles. The van der Waals surface area contributed by atoms with Crippen LogP contribution in [0.4, 0.5) is 0 Å². The SMILES string of the molecule is C=C(C)C(=O)OCCCOP(=O)(CCCCCCCC)OCCCOC(=O)C(=C)C. The van der Waals surface area contributed by atoms with E-state index in [2.05, 4.69) is 20.1 Å². The number of carbonyl (C=O) groups is 2. The van der Waals surface area contributed by atoms with Crippen LogP contribution in [0.1, 0.15) is 72.1 Å². The van der Waals surface area contributed by atoms with E-state index in [9.17, 15) is 14.2 Å². The highest BCUT2D eigenvalue weighted by Crippen LogP contribution is 2.49. The normalized spacial score (nSPS) is 11.2. The second-order valence-corrected chi connectivity index (χ2v) is 9.49. The van der Waals surface area contributed by atoms with E-state index >= 15 is 0 Å². The Morgan fingerprint density at radius 2 is 1.13 bits per heavy atom. The van der Waals surface area contributed by atoms with Crippen LogP contribution in [-0.4, -0.2) is 44.5 Å². The van der Waals surface area contributed by atoms with Crippen LogP contribution in [0.25, 0.3) is 0 Å². The molecule has 0 atom stereocenters. The summed E-state index contributed by atoms with van der Waals surface area (Å²) in [6.07, 6.45) is 7.56. The van der Waals surface area contributed by atoms with Gasteiger partial charge in [-0.2, -0.15) is 0 Å².